The van der Waals surface area contributed by atoms with Crippen LogP contribution < -0.4 is 0 Å². The summed E-state index contributed by atoms with van der Waals surface area (Å²) in [7, 11) is 0. The molecule has 1 aromatic heterocycles. The minimum atomic E-state index is -0.862. The van der Waals surface area contributed by atoms with Crippen LogP contribution in [0.15, 0.2) is 36.4 Å². The molecule has 1 N–H and O–H groups in total. The molecule has 19 heavy (non-hydrogen) atoms. The molecule has 0 saturated heterocycles. The molecule has 100 valence electrons. The second-order valence-corrected chi connectivity index (χ2v) is 5.43. The maximum atomic E-state index is 11.2. The first-order valence-corrected chi connectivity index (χ1v) is 6.33. The smallest absolute Gasteiger partial charge is 0.313 e. The minimum absolute atomic E-state index is 0.811. The van der Waals surface area contributed by atoms with E-state index < -0.39 is 11.4 Å². The van der Waals surface area contributed by atoms with Gasteiger partial charge in [-0.1, -0.05) is 12.1 Å². The lowest BCUT2D eigenvalue weighted by molar-refractivity contribution is -0.142. The van der Waals surface area contributed by atoms with E-state index >= 15 is 0 Å². The molecule has 2 aromatic rings. The van der Waals surface area contributed by atoms with Crippen molar-refractivity contribution in [2.24, 2.45) is 0 Å². The summed E-state index contributed by atoms with van der Waals surface area (Å²) in [5.74, 6) is -0.812. The van der Waals surface area contributed by atoms with E-state index in [0.29, 0.717) is 0 Å². The van der Waals surface area contributed by atoms with Crippen LogP contribution in [-0.4, -0.2) is 15.6 Å². The average molecular weight is 257 g/mol. The predicted molar refractivity (Wildman–Crippen MR) is 75.9 cm³/mol. The monoisotopic (exact) mass is 257 g/mol. The highest BCUT2D eigenvalue weighted by atomic mass is 16.4. The van der Waals surface area contributed by atoms with Gasteiger partial charge < -0.3 is 9.67 Å². The summed E-state index contributed by atoms with van der Waals surface area (Å²) in [5.41, 5.74) is 3.35. The fourth-order valence-electron chi connectivity index (χ4n) is 2.23. The van der Waals surface area contributed by atoms with E-state index in [9.17, 15) is 9.90 Å². The first-order valence-electron chi connectivity index (χ1n) is 6.33. The van der Waals surface area contributed by atoms with E-state index in [-0.39, 0.29) is 0 Å². The van der Waals surface area contributed by atoms with Gasteiger partial charge in [-0.15, -0.1) is 0 Å². The van der Waals surface area contributed by atoms with Crippen molar-refractivity contribution in [1.82, 2.24) is 4.57 Å². The molecule has 3 heteroatoms. The van der Waals surface area contributed by atoms with Crippen LogP contribution in [0.1, 0.15) is 30.8 Å². The highest BCUT2D eigenvalue weighted by Crippen LogP contribution is 2.25. The number of hydrogen-bond donors (Lipinski definition) is 1. The zero-order chi connectivity index (χ0) is 14.2. The molecule has 0 aliphatic heterocycles. The Balaban J connectivity index is 2.42. The third-order valence-electron chi connectivity index (χ3n) is 3.65. The molecule has 0 bridgehead atoms. The summed E-state index contributed by atoms with van der Waals surface area (Å²) in [6.07, 6.45) is 0. The summed E-state index contributed by atoms with van der Waals surface area (Å²) in [6, 6.07) is 11.9. The molecule has 2 rings (SSSR count). The number of rotatable bonds is 3. The molecule has 1 aromatic carbocycles. The van der Waals surface area contributed by atoms with Gasteiger partial charge >= 0.3 is 5.97 Å². The van der Waals surface area contributed by atoms with Crippen molar-refractivity contribution in [2.75, 3.05) is 0 Å². The van der Waals surface area contributed by atoms with E-state index in [1.807, 2.05) is 24.3 Å². The normalized spacial score (nSPS) is 11.6. The van der Waals surface area contributed by atoms with Crippen molar-refractivity contribution in [1.29, 1.82) is 0 Å². The highest BCUT2D eigenvalue weighted by molar-refractivity contribution is 5.80. The van der Waals surface area contributed by atoms with E-state index in [1.165, 1.54) is 11.4 Å². The van der Waals surface area contributed by atoms with Gasteiger partial charge in [-0.05, 0) is 57.5 Å². The number of hydrogen-bond acceptors (Lipinski definition) is 1. The molecule has 0 radical (unpaired) electrons. The lowest BCUT2D eigenvalue weighted by Crippen LogP contribution is -2.28. The molecule has 0 atom stereocenters. The fourth-order valence-corrected chi connectivity index (χ4v) is 2.23. The first kappa shape index (κ1) is 13.4. The van der Waals surface area contributed by atoms with Gasteiger partial charge in [0.05, 0.1) is 5.41 Å². The van der Waals surface area contributed by atoms with Crippen LogP contribution in [0.3, 0.4) is 0 Å². The Morgan fingerprint density at radius 3 is 1.89 bits per heavy atom. The van der Waals surface area contributed by atoms with Crippen LogP contribution in [0.2, 0.25) is 0 Å². The van der Waals surface area contributed by atoms with Gasteiger partial charge in [0.2, 0.25) is 0 Å². The summed E-state index contributed by atoms with van der Waals surface area (Å²) < 4.78 is 2.15. The standard InChI is InChI=1S/C16H19NO2/c1-11-5-6-12(2)17(11)14-9-7-13(8-10-14)16(3,4)15(18)19/h5-10H,1-4H3,(H,18,19). The molecule has 1 heterocycles. The third kappa shape index (κ3) is 2.28. The summed E-state index contributed by atoms with van der Waals surface area (Å²) in [5, 5.41) is 9.23. The number of aromatic nitrogens is 1. The predicted octanol–water partition coefficient (Wildman–Crippen LogP) is 3.46. The molecule has 3 nitrogen and oxygen atoms in total. The van der Waals surface area contributed by atoms with E-state index in [2.05, 4.69) is 30.5 Å². The van der Waals surface area contributed by atoms with Crippen LogP contribution in [0.25, 0.3) is 5.69 Å². The number of carboxylic acid groups (broad SMARTS) is 1. The van der Waals surface area contributed by atoms with Crippen molar-refractivity contribution in [3.05, 3.63) is 53.3 Å². The Kier molecular flexibility index (Phi) is 3.23. The first-order chi connectivity index (χ1) is 8.84. The number of benzene rings is 1. The zero-order valence-electron chi connectivity index (χ0n) is 11.8. The molecular weight excluding hydrogens is 238 g/mol. The van der Waals surface area contributed by atoms with E-state index in [0.717, 1.165) is 11.3 Å². The maximum absolute atomic E-state index is 11.2. The Hall–Kier alpha value is -2.03. The summed E-state index contributed by atoms with van der Waals surface area (Å²) >= 11 is 0. The van der Waals surface area contributed by atoms with Crippen molar-refractivity contribution in [3.63, 3.8) is 0 Å². The Morgan fingerprint density at radius 2 is 1.47 bits per heavy atom. The molecule has 0 aliphatic carbocycles. The van der Waals surface area contributed by atoms with Gasteiger partial charge in [0.1, 0.15) is 0 Å². The fraction of sp³-hybridized carbons (Fsp3) is 0.312. The van der Waals surface area contributed by atoms with Gasteiger partial charge in [0, 0.05) is 17.1 Å². The molecule has 0 amide bonds. The molecule has 0 aliphatic rings. The lowest BCUT2D eigenvalue weighted by Gasteiger charge is -2.20. The Labute approximate surface area is 113 Å². The molecule has 0 fully saturated rings. The molecule has 0 saturated carbocycles. The van der Waals surface area contributed by atoms with Crippen LogP contribution in [0.5, 0.6) is 0 Å². The molecule has 0 unspecified atom stereocenters. The SMILES string of the molecule is Cc1ccc(C)n1-c1ccc(C(C)(C)C(=O)O)cc1. The summed E-state index contributed by atoms with van der Waals surface area (Å²) in [6.45, 7) is 7.55. The quantitative estimate of drug-likeness (QED) is 0.915. The van der Waals surface area contributed by atoms with Crippen molar-refractivity contribution in [3.8, 4) is 5.69 Å². The summed E-state index contributed by atoms with van der Waals surface area (Å²) in [4.78, 5) is 11.2. The van der Waals surface area contributed by atoms with Crippen LogP contribution in [0, 0.1) is 13.8 Å². The van der Waals surface area contributed by atoms with Gasteiger partial charge in [-0.3, -0.25) is 4.79 Å². The number of carbonyl (C=O) groups is 1. The molecular formula is C16H19NO2. The highest BCUT2D eigenvalue weighted by Gasteiger charge is 2.29. The largest absolute Gasteiger partial charge is 0.481 e. The number of nitrogens with zero attached hydrogens (tertiary/aromatic N) is 1. The Bertz CT molecular complexity index is 587. The van der Waals surface area contributed by atoms with Crippen LogP contribution in [-0.2, 0) is 10.2 Å². The van der Waals surface area contributed by atoms with Crippen molar-refractivity contribution < 1.29 is 9.90 Å². The van der Waals surface area contributed by atoms with Crippen LogP contribution in [0.4, 0.5) is 0 Å². The van der Waals surface area contributed by atoms with E-state index in [1.54, 1.807) is 13.8 Å². The second-order valence-electron chi connectivity index (χ2n) is 5.43. The van der Waals surface area contributed by atoms with Gasteiger partial charge in [-0.2, -0.15) is 0 Å². The molecule has 0 spiro atoms. The van der Waals surface area contributed by atoms with Crippen molar-refractivity contribution in [2.45, 2.75) is 33.1 Å². The number of aliphatic carboxylic acids is 1. The minimum Gasteiger partial charge on any atom is -0.481 e. The average Bonchev–Trinajstić information content (AvgIpc) is 2.69. The van der Waals surface area contributed by atoms with Gasteiger partial charge in [0.15, 0.2) is 0 Å². The van der Waals surface area contributed by atoms with Gasteiger partial charge in [-0.25, -0.2) is 0 Å². The van der Waals surface area contributed by atoms with Crippen LogP contribution >= 0.6 is 0 Å². The number of aryl methyl sites for hydroxylation is 2. The second kappa shape index (κ2) is 4.57. The van der Waals surface area contributed by atoms with Crippen molar-refractivity contribution >= 4 is 5.97 Å². The number of carboxylic acids is 1. The third-order valence-corrected chi connectivity index (χ3v) is 3.65. The maximum Gasteiger partial charge on any atom is 0.313 e. The Morgan fingerprint density at radius 1 is 1.00 bits per heavy atom. The van der Waals surface area contributed by atoms with E-state index in [4.69, 9.17) is 0 Å². The zero-order valence-corrected chi connectivity index (χ0v) is 11.8. The lowest BCUT2D eigenvalue weighted by atomic mass is 9.85. The van der Waals surface area contributed by atoms with Gasteiger partial charge in [0.25, 0.3) is 0 Å². The topological polar surface area (TPSA) is 42.2 Å².